The average Bonchev–Trinajstić information content (AvgIpc) is 3.67. The van der Waals surface area contributed by atoms with Crippen LogP contribution in [0.4, 0.5) is 30.7 Å². The molecular weight excluding hydrogens is 713 g/mol. The third-order valence-electron chi connectivity index (χ3n) is 10.9. The molecule has 0 radical (unpaired) electrons. The van der Waals surface area contributed by atoms with Crippen LogP contribution < -0.4 is 0 Å². The molecule has 3 fully saturated rings. The minimum atomic E-state index is -4.79. The highest BCUT2D eigenvalue weighted by Crippen LogP contribution is 2.48. The Morgan fingerprint density at radius 3 is 2.25 bits per heavy atom. The van der Waals surface area contributed by atoms with Crippen molar-refractivity contribution in [3.8, 4) is 0 Å². The molecular formula is C37H39F7N4O5. The first-order valence-electron chi connectivity index (χ1n) is 17.2. The Kier molecular flexibility index (Phi) is 10.2. The molecule has 1 spiro atoms. The first-order valence-corrected chi connectivity index (χ1v) is 17.2. The van der Waals surface area contributed by atoms with Crippen LogP contribution in [0.5, 0.6) is 0 Å². The number of carboxylic acids is 1. The molecule has 2 aromatic carbocycles. The minimum absolute atomic E-state index is 0.0200. The summed E-state index contributed by atoms with van der Waals surface area (Å²) >= 11 is 0. The molecule has 1 atom stereocenters. The summed E-state index contributed by atoms with van der Waals surface area (Å²) in [5, 5.41) is 14.3. The van der Waals surface area contributed by atoms with Crippen molar-refractivity contribution in [1.29, 1.82) is 0 Å². The molecule has 3 aromatic rings. The van der Waals surface area contributed by atoms with Gasteiger partial charge in [0.15, 0.2) is 0 Å². The maximum atomic E-state index is 13.8. The number of aromatic carboxylic acids is 1. The van der Waals surface area contributed by atoms with Crippen LogP contribution in [0.3, 0.4) is 0 Å². The standard InChI is InChI=1S/C37H39F7N4O5/c1-34(2,37(42,43)44)33(52)47-20-35(21-47)19-46(31(49)25-13-45-48(15-25)14-22-10-27(38)12-28(39)11-22)16-26(35)18-53-17-24-4-3-5-29(30(24)32(50)51)23-6-8-36(40,41)9-7-23/h3-5,10-13,15,23,26H,6-9,14,16-21H2,1-2H3,(H,50,51)/t26-/m0/s1. The van der Waals surface area contributed by atoms with Gasteiger partial charge in [-0.25, -0.2) is 22.4 Å². The van der Waals surface area contributed by atoms with Gasteiger partial charge in [0, 0.05) is 62.6 Å². The SMILES string of the molecule is CC(C)(C(=O)N1CC2(CN(C(=O)c3cnn(Cc4cc(F)cc(F)c4)c3)C[C@H]2COCc2cccc(C3CCC(F)(F)CC3)c2C(=O)O)C1)C(F)(F)F. The van der Waals surface area contributed by atoms with Gasteiger partial charge >= 0.3 is 12.1 Å². The highest BCUT2D eigenvalue weighted by Gasteiger charge is 2.61. The third-order valence-corrected chi connectivity index (χ3v) is 10.9. The van der Waals surface area contributed by atoms with E-state index in [-0.39, 0.29) is 94.2 Å². The summed E-state index contributed by atoms with van der Waals surface area (Å²) in [7, 11) is 0. The van der Waals surface area contributed by atoms with E-state index in [0.717, 1.165) is 36.9 Å². The largest absolute Gasteiger partial charge is 0.478 e. The average molecular weight is 753 g/mol. The van der Waals surface area contributed by atoms with E-state index in [0.29, 0.717) is 11.1 Å². The van der Waals surface area contributed by atoms with Gasteiger partial charge in [0.05, 0.1) is 37.1 Å². The van der Waals surface area contributed by atoms with Gasteiger partial charge in [0.25, 0.3) is 5.91 Å². The Hall–Kier alpha value is -4.47. The van der Waals surface area contributed by atoms with Gasteiger partial charge in [-0.15, -0.1) is 0 Å². The van der Waals surface area contributed by atoms with Gasteiger partial charge in [-0.2, -0.15) is 18.3 Å². The number of likely N-dealkylation sites (tertiary alicyclic amines) is 2. The highest BCUT2D eigenvalue weighted by molar-refractivity contribution is 5.94. The van der Waals surface area contributed by atoms with E-state index in [1.54, 1.807) is 18.2 Å². The normalized spacial score (nSPS) is 20.1. The zero-order valence-corrected chi connectivity index (χ0v) is 29.1. The van der Waals surface area contributed by atoms with E-state index < -0.39 is 58.3 Å². The van der Waals surface area contributed by atoms with E-state index in [1.807, 2.05) is 0 Å². The zero-order valence-electron chi connectivity index (χ0n) is 29.1. The van der Waals surface area contributed by atoms with Crippen LogP contribution in [0.15, 0.2) is 48.8 Å². The first-order chi connectivity index (χ1) is 24.8. The molecule has 1 saturated carbocycles. The summed E-state index contributed by atoms with van der Waals surface area (Å²) in [4.78, 5) is 41.8. The lowest BCUT2D eigenvalue weighted by atomic mass is 9.70. The minimum Gasteiger partial charge on any atom is -0.478 e. The number of halogens is 7. The summed E-state index contributed by atoms with van der Waals surface area (Å²) in [6, 6.07) is 7.85. The first kappa shape index (κ1) is 38.3. The summed E-state index contributed by atoms with van der Waals surface area (Å²) in [5.74, 6) is -7.94. The molecule has 3 heterocycles. The number of carboxylic acid groups (broad SMARTS) is 1. The van der Waals surface area contributed by atoms with Crippen LogP contribution in [-0.4, -0.2) is 87.4 Å². The number of aromatic nitrogens is 2. The second kappa shape index (κ2) is 14.1. The van der Waals surface area contributed by atoms with Crippen LogP contribution in [0, 0.1) is 28.4 Å². The molecule has 2 amide bonds. The number of rotatable bonds is 10. The smallest absolute Gasteiger partial charge is 0.402 e. The summed E-state index contributed by atoms with van der Waals surface area (Å²) in [6.07, 6.45) is -2.50. The van der Waals surface area contributed by atoms with Crippen LogP contribution in [0.25, 0.3) is 0 Å². The Labute approximate surface area is 300 Å². The number of carbonyl (C=O) groups is 3. The lowest BCUT2D eigenvalue weighted by Gasteiger charge is -2.52. The second-order valence-corrected chi connectivity index (χ2v) is 15.1. The fraction of sp³-hybridized carbons (Fsp3) is 0.514. The van der Waals surface area contributed by atoms with Crippen molar-refractivity contribution in [2.24, 2.45) is 16.7 Å². The van der Waals surface area contributed by atoms with E-state index >= 15 is 0 Å². The van der Waals surface area contributed by atoms with Gasteiger partial charge in [-0.05, 0) is 61.4 Å². The molecule has 0 bridgehead atoms. The topological polar surface area (TPSA) is 105 Å². The maximum absolute atomic E-state index is 13.8. The number of nitrogens with zero attached hydrogens (tertiary/aromatic N) is 4. The molecule has 16 heteroatoms. The monoisotopic (exact) mass is 752 g/mol. The summed E-state index contributed by atoms with van der Waals surface area (Å²) in [6.45, 7) is 1.44. The quantitative estimate of drug-likeness (QED) is 0.226. The number of benzene rings is 2. The Morgan fingerprint density at radius 2 is 1.62 bits per heavy atom. The number of amides is 2. The fourth-order valence-electron chi connectivity index (χ4n) is 7.79. The van der Waals surface area contributed by atoms with E-state index in [2.05, 4.69) is 5.10 Å². The van der Waals surface area contributed by atoms with E-state index in [1.165, 1.54) is 22.0 Å². The van der Waals surface area contributed by atoms with Gasteiger partial charge in [-0.1, -0.05) is 18.2 Å². The predicted molar refractivity (Wildman–Crippen MR) is 175 cm³/mol. The van der Waals surface area contributed by atoms with Gasteiger partial charge in [0.2, 0.25) is 11.8 Å². The van der Waals surface area contributed by atoms with Gasteiger partial charge in [-0.3, -0.25) is 14.3 Å². The third kappa shape index (κ3) is 7.78. The van der Waals surface area contributed by atoms with Crippen molar-refractivity contribution in [3.63, 3.8) is 0 Å². The highest BCUT2D eigenvalue weighted by atomic mass is 19.4. The predicted octanol–water partition coefficient (Wildman–Crippen LogP) is 6.91. The summed E-state index contributed by atoms with van der Waals surface area (Å²) in [5.41, 5.74) is -2.27. The van der Waals surface area contributed by atoms with Crippen LogP contribution in [0.1, 0.15) is 82.9 Å². The molecule has 1 N–H and O–H groups in total. The molecule has 2 aliphatic heterocycles. The molecule has 9 nitrogen and oxygen atoms in total. The number of ether oxygens (including phenoxy) is 1. The van der Waals surface area contributed by atoms with Crippen LogP contribution in [0.2, 0.25) is 0 Å². The Bertz CT molecular complexity index is 1860. The molecule has 1 aliphatic carbocycles. The Balaban J connectivity index is 1.18. The summed E-state index contributed by atoms with van der Waals surface area (Å²) < 4.78 is 104. The lowest BCUT2D eigenvalue weighted by Crippen LogP contribution is -2.66. The van der Waals surface area contributed by atoms with Crippen molar-refractivity contribution < 1.29 is 55.0 Å². The number of carbonyl (C=O) groups excluding carboxylic acids is 2. The molecule has 1 aromatic heterocycles. The lowest BCUT2D eigenvalue weighted by molar-refractivity contribution is -0.223. The molecule has 0 unspecified atom stereocenters. The van der Waals surface area contributed by atoms with Crippen molar-refractivity contribution in [3.05, 3.63) is 88.2 Å². The molecule has 2 saturated heterocycles. The Morgan fingerprint density at radius 1 is 0.981 bits per heavy atom. The number of alkyl halides is 5. The van der Waals surface area contributed by atoms with Crippen molar-refractivity contribution >= 4 is 17.8 Å². The van der Waals surface area contributed by atoms with Crippen LogP contribution in [-0.2, 0) is 22.7 Å². The number of hydrogen-bond acceptors (Lipinski definition) is 5. The number of hydrogen-bond donors (Lipinski definition) is 1. The maximum Gasteiger partial charge on any atom is 0.402 e. The van der Waals surface area contributed by atoms with E-state index in [4.69, 9.17) is 4.74 Å². The van der Waals surface area contributed by atoms with Crippen molar-refractivity contribution in [1.82, 2.24) is 19.6 Å². The van der Waals surface area contributed by atoms with E-state index in [9.17, 15) is 50.2 Å². The van der Waals surface area contributed by atoms with Gasteiger partial charge < -0.3 is 19.6 Å². The zero-order chi connectivity index (χ0) is 38.5. The van der Waals surface area contributed by atoms with Crippen molar-refractivity contribution in [2.75, 3.05) is 32.8 Å². The molecule has 6 rings (SSSR count). The molecule has 53 heavy (non-hydrogen) atoms. The second-order valence-electron chi connectivity index (χ2n) is 15.1. The van der Waals surface area contributed by atoms with Gasteiger partial charge in [0.1, 0.15) is 17.0 Å². The van der Waals surface area contributed by atoms with Crippen LogP contribution >= 0.6 is 0 Å². The molecule has 286 valence electrons. The molecule has 3 aliphatic rings. The fourth-order valence-corrected chi connectivity index (χ4v) is 7.79. The van der Waals surface area contributed by atoms with Crippen molar-refractivity contribution in [2.45, 2.75) is 70.7 Å².